The number of rotatable bonds is 28. The molecule has 8 unspecified atom stereocenters. The summed E-state index contributed by atoms with van der Waals surface area (Å²) in [5.74, 6) is -11.8. The first-order chi connectivity index (χ1) is 28.6. The number of nitrogens with zero attached hydrogens (tertiary/aromatic N) is 4. The number of aliphatic hydroxyl groups is 4. The van der Waals surface area contributed by atoms with Crippen LogP contribution >= 0.6 is 67.4 Å². The Morgan fingerprint density at radius 2 is 0.548 bits per heavy atom. The summed E-state index contributed by atoms with van der Waals surface area (Å²) in [6.45, 7) is -0.500. The molecule has 1 aliphatic heterocycles. The Labute approximate surface area is 361 Å². The van der Waals surface area contributed by atoms with Crippen LogP contribution < -0.4 is 0 Å². The summed E-state index contributed by atoms with van der Waals surface area (Å²) < 4.78 is 82.3. The van der Waals surface area contributed by atoms with Crippen molar-refractivity contribution >= 4 is 67.4 Å². The molecule has 372 valence electrons. The van der Waals surface area contributed by atoms with Crippen LogP contribution in [0.15, 0.2) is 0 Å². The van der Waals surface area contributed by atoms with Crippen molar-refractivity contribution in [2.75, 3.05) is 78.5 Å². The third-order valence-electron chi connectivity index (χ3n) is 8.22. The molecule has 16 N–H and O–H groups in total. The third kappa shape index (κ3) is 29.4. The Balaban J connectivity index is 3.58. The molecular weight excluding hydrogens is 1020 g/mol. The summed E-state index contributed by atoms with van der Waals surface area (Å²) in [5, 5.41) is 42.7. The minimum atomic E-state index is -3.91. The smallest absolute Gasteiger partial charge is 0.331 e. The molecule has 8 atom stereocenters. The van der Waals surface area contributed by atoms with Crippen molar-refractivity contribution in [2.24, 2.45) is 0 Å². The molecule has 0 aromatic rings. The van der Waals surface area contributed by atoms with Gasteiger partial charge in [-0.05, 0) is 39.0 Å². The van der Waals surface area contributed by atoms with E-state index < -0.39 is 117 Å². The maximum atomic E-state index is 11.5. The molecule has 0 aromatic carbocycles. The molecule has 0 bridgehead atoms. The Hall–Kier alpha value is 1.52. The predicted molar refractivity (Wildman–Crippen MR) is 212 cm³/mol. The predicted octanol–water partition coefficient (Wildman–Crippen LogP) is -3.36. The fraction of sp³-hybridized carbons (Fsp3) is 1.00. The lowest BCUT2D eigenvalue weighted by Gasteiger charge is -2.35. The van der Waals surface area contributed by atoms with E-state index in [9.17, 15) is 97.4 Å². The molecule has 1 rings (SSSR count). The fourth-order valence-electron chi connectivity index (χ4n) is 5.66. The van der Waals surface area contributed by atoms with Gasteiger partial charge in [0.2, 0.25) is 0 Å². The van der Waals surface area contributed by atoms with Gasteiger partial charge >= 0.3 is 67.4 Å². The highest BCUT2D eigenvalue weighted by molar-refractivity contribution is 7.40. The van der Waals surface area contributed by atoms with Gasteiger partial charge in [-0.1, -0.05) is 0 Å². The van der Waals surface area contributed by atoms with E-state index in [0.717, 1.165) is 0 Å². The molecule has 40 heteroatoms. The van der Waals surface area contributed by atoms with Crippen molar-refractivity contribution in [1.82, 2.24) is 19.6 Å². The SMILES string of the molecule is O=[PH](O)OC(O)(CCN1CCCN(CCC(O)(OP(O)O)O[PH](=O)O)CCN(CCC(O)(OP(O)O)O[PH](=O)O)CCCN(CCC(O)(OP(O)O)O[PH](=O)O)CC1)OP(O)O. The Morgan fingerprint density at radius 1 is 0.371 bits per heavy atom. The lowest BCUT2D eigenvalue weighted by Crippen LogP contribution is -2.46. The minimum Gasteiger partial charge on any atom is -0.343 e. The van der Waals surface area contributed by atoms with Crippen molar-refractivity contribution in [3.63, 3.8) is 0 Å². The van der Waals surface area contributed by atoms with Gasteiger partial charge in [-0.3, -0.25) is 54.5 Å². The van der Waals surface area contributed by atoms with Crippen LogP contribution in [0.4, 0.5) is 0 Å². The third-order valence-corrected chi connectivity index (χ3v) is 12.0. The van der Waals surface area contributed by atoms with E-state index in [2.05, 4.69) is 36.2 Å². The molecule has 62 heavy (non-hydrogen) atoms. The summed E-state index contributed by atoms with van der Waals surface area (Å²) in [4.78, 5) is 119. The van der Waals surface area contributed by atoms with E-state index in [1.54, 1.807) is 19.6 Å². The molecule has 1 heterocycles. The highest BCUT2D eigenvalue weighted by atomic mass is 31.2. The minimum absolute atomic E-state index is 0.0285. The summed E-state index contributed by atoms with van der Waals surface area (Å²) in [6.07, 6.45) is -2.26. The number of hydrogen-bond acceptors (Lipinski definition) is 28. The summed E-state index contributed by atoms with van der Waals surface area (Å²) >= 11 is 0. The highest BCUT2D eigenvalue weighted by Crippen LogP contribution is 2.42. The van der Waals surface area contributed by atoms with Gasteiger partial charge in [-0.2, -0.15) is 0 Å². The molecule has 0 amide bonds. The van der Waals surface area contributed by atoms with Crippen LogP contribution in [0.25, 0.3) is 0 Å². The molecular formula is C22H56N4O28P8. The molecule has 1 aliphatic rings. The second kappa shape index (κ2) is 30.9. The molecule has 0 aliphatic carbocycles. The first-order valence-corrected chi connectivity index (χ1v) is 27.3. The average molecular weight is 1070 g/mol. The summed E-state index contributed by atoms with van der Waals surface area (Å²) in [6, 6.07) is 0. The molecule has 1 saturated heterocycles. The summed E-state index contributed by atoms with van der Waals surface area (Å²) in [5.41, 5.74) is 0. The van der Waals surface area contributed by atoms with Crippen LogP contribution in [-0.4, -0.2) is 201 Å². The van der Waals surface area contributed by atoms with Gasteiger partial charge in [0.05, 0.1) is 0 Å². The molecule has 32 nitrogen and oxygen atoms in total. The maximum Gasteiger partial charge on any atom is 0.331 e. The highest BCUT2D eigenvalue weighted by Gasteiger charge is 2.39. The van der Waals surface area contributed by atoms with Crippen molar-refractivity contribution < 1.29 is 134 Å². The Kier molecular flexibility index (Phi) is 30.7. The second-order valence-corrected chi connectivity index (χ2v) is 18.5. The first-order valence-electron chi connectivity index (χ1n) is 17.6. The van der Waals surface area contributed by atoms with Gasteiger partial charge < -0.3 is 98.7 Å². The fourth-order valence-corrected chi connectivity index (χ4v) is 9.14. The standard InChI is InChI=1S/C22H56N4O28P8/c27-19(47-55(31)32,48-56(33)34)3-11-23-7-1-8-24(12-4-20(28,49-57(35)36)50-58(37)38)16-18-26(14-6-22(30,53-61(43)44)54-62(45)46)10-2-9-25(17-15-23)13-5-21(29,51-59(39)40)52-60(41)42/h27-32,35-36,39-40,43-44,56,58,60,62H,1-18H2,(H,33,34)(H,37,38)(H,41,42)(H,45,46). The zero-order chi connectivity index (χ0) is 47.3. The van der Waals surface area contributed by atoms with Gasteiger partial charge in [0.25, 0.3) is 23.9 Å². The van der Waals surface area contributed by atoms with Crippen molar-refractivity contribution in [3.05, 3.63) is 0 Å². The van der Waals surface area contributed by atoms with Crippen LogP contribution in [0.1, 0.15) is 38.5 Å². The number of hydrogen-bond donors (Lipinski definition) is 16. The van der Waals surface area contributed by atoms with E-state index in [4.69, 9.17) is 0 Å². The average Bonchev–Trinajstić information content (AvgIpc) is 3.07. The van der Waals surface area contributed by atoms with Crippen LogP contribution in [-0.2, 0) is 54.5 Å². The normalized spacial score (nSPS) is 22.8. The van der Waals surface area contributed by atoms with Gasteiger partial charge in [0.15, 0.2) is 0 Å². The Bertz CT molecular complexity index is 1180. The van der Waals surface area contributed by atoms with Crippen LogP contribution in [0.5, 0.6) is 0 Å². The van der Waals surface area contributed by atoms with Crippen molar-refractivity contribution in [3.8, 4) is 0 Å². The van der Waals surface area contributed by atoms with Crippen LogP contribution in [0, 0.1) is 0 Å². The zero-order valence-electron chi connectivity index (χ0n) is 32.4. The molecule has 0 saturated carbocycles. The van der Waals surface area contributed by atoms with Crippen molar-refractivity contribution in [1.29, 1.82) is 0 Å². The zero-order valence-corrected chi connectivity index (χ0v) is 39.9. The monoisotopic (exact) mass is 1070 g/mol. The van der Waals surface area contributed by atoms with E-state index in [0.29, 0.717) is 0 Å². The molecule has 0 radical (unpaired) electrons. The lowest BCUT2D eigenvalue weighted by atomic mass is 10.2. The van der Waals surface area contributed by atoms with Gasteiger partial charge in [0.1, 0.15) is 0 Å². The van der Waals surface area contributed by atoms with Gasteiger partial charge in [-0.15, -0.1) is 0 Å². The first kappa shape index (κ1) is 61.5. The lowest BCUT2D eigenvalue weighted by molar-refractivity contribution is -0.282. The topological polar surface area (TPSA) is 479 Å². The quantitative estimate of drug-likeness (QED) is 0.0269. The van der Waals surface area contributed by atoms with E-state index in [1.165, 1.54) is 0 Å². The van der Waals surface area contributed by atoms with Crippen LogP contribution in [0.2, 0.25) is 0 Å². The van der Waals surface area contributed by atoms with Crippen LogP contribution in [0.3, 0.4) is 0 Å². The molecule has 1 fully saturated rings. The van der Waals surface area contributed by atoms with E-state index in [-0.39, 0.29) is 91.4 Å². The summed E-state index contributed by atoms with van der Waals surface area (Å²) in [7, 11) is -28.9. The molecule has 0 aromatic heterocycles. The van der Waals surface area contributed by atoms with E-state index >= 15 is 0 Å². The molecule has 0 spiro atoms. The van der Waals surface area contributed by atoms with Gasteiger partial charge in [-0.25, -0.2) is 0 Å². The Morgan fingerprint density at radius 3 is 0.694 bits per heavy atom. The largest absolute Gasteiger partial charge is 0.343 e. The van der Waals surface area contributed by atoms with Gasteiger partial charge in [0, 0.05) is 78.0 Å². The second-order valence-electron chi connectivity index (χ2n) is 12.8. The maximum absolute atomic E-state index is 11.5. The van der Waals surface area contributed by atoms with Crippen molar-refractivity contribution in [2.45, 2.75) is 62.4 Å². The van der Waals surface area contributed by atoms with E-state index in [1.807, 2.05) is 0 Å².